The van der Waals surface area contributed by atoms with Gasteiger partial charge < -0.3 is 10.2 Å². The van der Waals surface area contributed by atoms with Crippen LogP contribution in [0.2, 0.25) is 0 Å². The second-order valence-corrected chi connectivity index (χ2v) is 9.38. The van der Waals surface area contributed by atoms with Crippen molar-refractivity contribution < 1.29 is 9.59 Å². The van der Waals surface area contributed by atoms with E-state index in [0.29, 0.717) is 23.8 Å². The number of rotatable bonds is 5. The lowest BCUT2D eigenvalue weighted by molar-refractivity contribution is -0.114. The van der Waals surface area contributed by atoms with Gasteiger partial charge in [0.1, 0.15) is 0 Å². The number of nitrogens with zero attached hydrogens (tertiary/aromatic N) is 4. The lowest BCUT2D eigenvalue weighted by atomic mass is 9.87. The second-order valence-electron chi connectivity index (χ2n) is 8.38. The van der Waals surface area contributed by atoms with Crippen LogP contribution in [0, 0.1) is 0 Å². The van der Waals surface area contributed by atoms with Gasteiger partial charge in [-0.1, -0.05) is 48.6 Å². The Morgan fingerprint density at radius 1 is 1.29 bits per heavy atom. The van der Waals surface area contributed by atoms with Gasteiger partial charge in [-0.2, -0.15) is 5.10 Å². The zero-order valence-electron chi connectivity index (χ0n) is 18.5. The summed E-state index contributed by atoms with van der Waals surface area (Å²) in [5, 5.41) is 8.17. The van der Waals surface area contributed by atoms with Crippen LogP contribution in [0.15, 0.2) is 30.3 Å². The zero-order valence-corrected chi connectivity index (χ0v) is 19.3. The number of carbonyl (C=O) groups excluding carboxylic acids is 2. The van der Waals surface area contributed by atoms with Gasteiger partial charge in [-0.15, -0.1) is 0 Å². The van der Waals surface area contributed by atoms with Crippen molar-refractivity contribution in [1.29, 1.82) is 0 Å². The minimum absolute atomic E-state index is 0.0820. The van der Waals surface area contributed by atoms with Crippen LogP contribution in [-0.4, -0.2) is 38.5 Å². The molecule has 1 atom stereocenters. The number of nitrogens with one attached hydrogen (secondary N) is 1. The normalized spacial score (nSPS) is 14.8. The van der Waals surface area contributed by atoms with Crippen LogP contribution in [0.5, 0.6) is 0 Å². The standard InChI is InChI=1S/C23H27N5O2S/c1-13(2)28-20-18(14(3)11-17-21(20)31-23(25-17)24-15(4)29)19(26-28)22(30)27(5)12-16-9-7-6-8-10-16/h6-10,13-14H,11-12H2,1-5H3,(H,24,25,29). The molecule has 1 aliphatic carbocycles. The molecule has 162 valence electrons. The topological polar surface area (TPSA) is 80.1 Å². The molecule has 7 nitrogen and oxygen atoms in total. The van der Waals surface area contributed by atoms with Crippen LogP contribution in [-0.2, 0) is 17.8 Å². The number of hydrogen-bond acceptors (Lipinski definition) is 5. The number of anilines is 1. The third kappa shape index (κ3) is 3.99. The van der Waals surface area contributed by atoms with Gasteiger partial charge >= 0.3 is 0 Å². The number of thiazole rings is 1. The average molecular weight is 438 g/mol. The Balaban J connectivity index is 1.76. The first-order chi connectivity index (χ1) is 14.8. The Kier molecular flexibility index (Phi) is 5.66. The Hall–Kier alpha value is -3.00. The molecule has 0 spiro atoms. The number of carbonyl (C=O) groups is 2. The fraction of sp³-hybridized carbons (Fsp3) is 0.391. The highest BCUT2D eigenvalue weighted by Gasteiger charge is 2.36. The van der Waals surface area contributed by atoms with Gasteiger partial charge in [0.2, 0.25) is 5.91 Å². The van der Waals surface area contributed by atoms with E-state index in [2.05, 4.69) is 31.1 Å². The van der Waals surface area contributed by atoms with Crippen molar-refractivity contribution in [2.75, 3.05) is 12.4 Å². The molecule has 2 amide bonds. The molecule has 0 radical (unpaired) electrons. The van der Waals surface area contributed by atoms with Gasteiger partial charge in [0.05, 0.1) is 16.3 Å². The highest BCUT2D eigenvalue weighted by atomic mass is 32.1. The van der Waals surface area contributed by atoms with Crippen molar-refractivity contribution in [3.63, 3.8) is 0 Å². The van der Waals surface area contributed by atoms with Crippen LogP contribution >= 0.6 is 11.3 Å². The third-order valence-corrected chi connectivity index (χ3v) is 6.46. The molecule has 4 rings (SSSR count). The van der Waals surface area contributed by atoms with Crippen molar-refractivity contribution in [1.82, 2.24) is 19.7 Å². The van der Waals surface area contributed by atoms with Gasteiger partial charge in [-0.05, 0) is 31.7 Å². The fourth-order valence-corrected chi connectivity index (χ4v) is 5.14. The van der Waals surface area contributed by atoms with Crippen molar-refractivity contribution in [3.8, 4) is 10.6 Å². The summed E-state index contributed by atoms with van der Waals surface area (Å²) < 4.78 is 1.93. The molecule has 2 aromatic heterocycles. The fourth-order valence-electron chi connectivity index (χ4n) is 4.05. The van der Waals surface area contributed by atoms with Gasteiger partial charge in [0, 0.05) is 32.1 Å². The predicted octanol–water partition coefficient (Wildman–Crippen LogP) is 4.48. The first kappa shape index (κ1) is 21.2. The number of fused-ring (bicyclic) bond motifs is 3. The van der Waals surface area contributed by atoms with E-state index in [9.17, 15) is 9.59 Å². The maximum absolute atomic E-state index is 13.4. The Morgan fingerprint density at radius 2 is 2.00 bits per heavy atom. The van der Waals surface area contributed by atoms with E-state index in [1.54, 1.807) is 4.90 Å². The van der Waals surface area contributed by atoms with Crippen molar-refractivity contribution >= 4 is 28.3 Å². The van der Waals surface area contributed by atoms with E-state index < -0.39 is 0 Å². The molecular weight excluding hydrogens is 410 g/mol. The summed E-state index contributed by atoms with van der Waals surface area (Å²) in [5.41, 5.74) is 4.47. The Bertz CT molecular complexity index is 1130. The summed E-state index contributed by atoms with van der Waals surface area (Å²) in [6.07, 6.45) is 0.713. The van der Waals surface area contributed by atoms with Gasteiger partial charge in [-0.3, -0.25) is 14.3 Å². The van der Waals surface area contributed by atoms with Crippen molar-refractivity contribution in [2.45, 2.75) is 52.6 Å². The molecule has 0 saturated carbocycles. The van der Waals surface area contributed by atoms with Crippen LogP contribution in [0.3, 0.4) is 0 Å². The van der Waals surface area contributed by atoms with E-state index in [4.69, 9.17) is 5.10 Å². The highest BCUT2D eigenvalue weighted by Crippen LogP contribution is 2.46. The highest BCUT2D eigenvalue weighted by molar-refractivity contribution is 7.19. The van der Waals surface area contributed by atoms with Crippen LogP contribution in [0.4, 0.5) is 5.13 Å². The average Bonchev–Trinajstić information content (AvgIpc) is 3.29. The summed E-state index contributed by atoms with van der Waals surface area (Å²) in [6.45, 7) is 8.23. The smallest absolute Gasteiger partial charge is 0.274 e. The summed E-state index contributed by atoms with van der Waals surface area (Å²) in [5.74, 6) is -0.122. The molecule has 0 aliphatic heterocycles. The lowest BCUT2D eigenvalue weighted by Crippen LogP contribution is -2.28. The van der Waals surface area contributed by atoms with Gasteiger partial charge in [0.25, 0.3) is 5.91 Å². The molecule has 1 unspecified atom stereocenters. The van der Waals surface area contributed by atoms with Gasteiger partial charge in [-0.25, -0.2) is 4.98 Å². The van der Waals surface area contributed by atoms with E-state index in [0.717, 1.165) is 27.4 Å². The molecule has 0 bridgehead atoms. The monoisotopic (exact) mass is 437 g/mol. The first-order valence-electron chi connectivity index (χ1n) is 10.5. The molecule has 0 saturated heterocycles. The number of aromatic nitrogens is 3. The van der Waals surface area contributed by atoms with Crippen molar-refractivity contribution in [3.05, 3.63) is 52.8 Å². The quantitative estimate of drug-likeness (QED) is 0.638. The minimum Gasteiger partial charge on any atom is -0.336 e. The predicted molar refractivity (Wildman–Crippen MR) is 122 cm³/mol. The lowest BCUT2D eigenvalue weighted by Gasteiger charge is -2.22. The largest absolute Gasteiger partial charge is 0.336 e. The summed E-state index contributed by atoms with van der Waals surface area (Å²) >= 11 is 1.45. The molecule has 1 aliphatic rings. The van der Waals surface area contributed by atoms with Crippen LogP contribution in [0.1, 0.15) is 67.0 Å². The molecule has 31 heavy (non-hydrogen) atoms. The SMILES string of the molecule is CC(=O)Nc1nc2c(s1)-c1c(c(C(=O)N(C)Cc3ccccc3)nn1C(C)C)C(C)C2. The third-order valence-electron chi connectivity index (χ3n) is 5.44. The van der Waals surface area contributed by atoms with Crippen molar-refractivity contribution in [2.24, 2.45) is 0 Å². The molecule has 3 aromatic rings. The summed E-state index contributed by atoms with van der Waals surface area (Å²) in [4.78, 5) is 32.3. The summed E-state index contributed by atoms with van der Waals surface area (Å²) in [7, 11) is 1.82. The van der Waals surface area contributed by atoms with E-state index >= 15 is 0 Å². The van der Waals surface area contributed by atoms with Gasteiger partial charge in [0.15, 0.2) is 10.8 Å². The Labute approximate surface area is 186 Å². The zero-order chi connectivity index (χ0) is 22.3. The molecular formula is C23H27N5O2S. The molecule has 8 heteroatoms. The number of hydrogen-bond donors (Lipinski definition) is 1. The second kappa shape index (κ2) is 8.26. The Morgan fingerprint density at radius 3 is 2.65 bits per heavy atom. The van der Waals surface area contributed by atoms with E-state index in [-0.39, 0.29) is 23.8 Å². The molecule has 0 fully saturated rings. The van der Waals surface area contributed by atoms with E-state index in [1.807, 2.05) is 42.1 Å². The number of benzene rings is 1. The van der Waals surface area contributed by atoms with Crippen LogP contribution in [0.25, 0.3) is 10.6 Å². The number of amides is 2. The molecule has 2 heterocycles. The minimum atomic E-state index is -0.143. The molecule has 1 aromatic carbocycles. The first-order valence-corrected chi connectivity index (χ1v) is 11.3. The van der Waals surface area contributed by atoms with E-state index in [1.165, 1.54) is 18.3 Å². The maximum Gasteiger partial charge on any atom is 0.274 e. The molecule has 1 N–H and O–H groups in total. The maximum atomic E-state index is 13.4. The summed E-state index contributed by atoms with van der Waals surface area (Å²) in [6, 6.07) is 10.0. The van der Waals surface area contributed by atoms with Crippen LogP contribution < -0.4 is 5.32 Å².